The molecule has 0 radical (unpaired) electrons. The molecule has 0 aromatic heterocycles. The Bertz CT molecular complexity index is 621. The fourth-order valence-electron chi connectivity index (χ4n) is 1.64. The molecule has 1 aliphatic rings. The molecular formula is C14H17NO4S. The number of aliphatic hydroxyl groups is 1. The van der Waals surface area contributed by atoms with Gasteiger partial charge >= 0.3 is 0 Å². The van der Waals surface area contributed by atoms with Gasteiger partial charge < -0.3 is 9.84 Å². The van der Waals surface area contributed by atoms with Gasteiger partial charge in [-0.25, -0.2) is 13.1 Å². The van der Waals surface area contributed by atoms with Crippen LogP contribution < -0.4 is 4.72 Å². The Morgan fingerprint density at radius 1 is 1.35 bits per heavy atom. The van der Waals surface area contributed by atoms with Gasteiger partial charge in [-0.05, 0) is 19.1 Å². The van der Waals surface area contributed by atoms with E-state index in [2.05, 4.69) is 16.6 Å². The smallest absolute Gasteiger partial charge is 0.240 e. The molecule has 2 N–H and O–H groups in total. The molecule has 0 spiro atoms. The van der Waals surface area contributed by atoms with Gasteiger partial charge in [-0.1, -0.05) is 29.5 Å². The zero-order valence-electron chi connectivity index (χ0n) is 11.2. The lowest BCUT2D eigenvalue weighted by Crippen LogP contribution is -2.48. The van der Waals surface area contributed by atoms with E-state index in [1.807, 2.05) is 6.92 Å². The molecule has 1 aliphatic heterocycles. The summed E-state index contributed by atoms with van der Waals surface area (Å²) in [4.78, 5) is 0.238. The lowest BCUT2D eigenvalue weighted by molar-refractivity contribution is -0.140. The highest BCUT2D eigenvalue weighted by molar-refractivity contribution is 7.89. The number of ether oxygens (including phenoxy) is 1. The molecule has 0 unspecified atom stereocenters. The number of nitrogens with one attached hydrogen (secondary N) is 1. The lowest BCUT2D eigenvalue weighted by Gasteiger charge is -2.30. The van der Waals surface area contributed by atoms with Crippen molar-refractivity contribution in [1.29, 1.82) is 0 Å². The Morgan fingerprint density at radius 2 is 2.00 bits per heavy atom. The highest BCUT2D eigenvalue weighted by atomic mass is 32.2. The summed E-state index contributed by atoms with van der Waals surface area (Å²) in [5, 5.41) is 9.64. The third-order valence-electron chi connectivity index (χ3n) is 2.88. The zero-order valence-corrected chi connectivity index (χ0v) is 12.0. The molecular weight excluding hydrogens is 278 g/mol. The average molecular weight is 295 g/mol. The van der Waals surface area contributed by atoms with Crippen LogP contribution in [0.5, 0.6) is 0 Å². The van der Waals surface area contributed by atoms with Crippen molar-refractivity contribution in [2.24, 2.45) is 0 Å². The van der Waals surface area contributed by atoms with Crippen LogP contribution in [0.15, 0.2) is 29.2 Å². The summed E-state index contributed by atoms with van der Waals surface area (Å²) in [5.74, 6) is 5.43. The number of benzene rings is 1. The molecule has 0 aliphatic carbocycles. The first-order valence-electron chi connectivity index (χ1n) is 6.28. The Labute approximate surface area is 119 Å². The molecule has 1 heterocycles. The molecule has 0 saturated carbocycles. The molecule has 108 valence electrons. The van der Waals surface area contributed by atoms with Gasteiger partial charge in [-0.2, -0.15) is 0 Å². The van der Waals surface area contributed by atoms with Crippen LogP contribution in [0.2, 0.25) is 0 Å². The van der Waals surface area contributed by atoms with E-state index in [1.54, 1.807) is 24.3 Å². The van der Waals surface area contributed by atoms with Gasteiger partial charge in [0.1, 0.15) is 0 Å². The van der Waals surface area contributed by atoms with Crippen molar-refractivity contribution in [3.8, 4) is 11.8 Å². The van der Waals surface area contributed by atoms with E-state index in [4.69, 9.17) is 4.74 Å². The number of sulfonamides is 1. The summed E-state index contributed by atoms with van der Waals surface area (Å²) < 4.78 is 31.2. The minimum absolute atomic E-state index is 0.208. The lowest BCUT2D eigenvalue weighted by atomic mass is 10.0. The maximum atomic E-state index is 11.9. The van der Waals surface area contributed by atoms with E-state index >= 15 is 0 Å². The van der Waals surface area contributed by atoms with Crippen LogP contribution in [0.1, 0.15) is 12.0 Å². The summed E-state index contributed by atoms with van der Waals surface area (Å²) in [6.07, 6.45) is 0.341. The second kappa shape index (κ2) is 5.94. The molecule has 6 heteroatoms. The maximum absolute atomic E-state index is 11.9. The highest BCUT2D eigenvalue weighted by Gasteiger charge is 2.33. The largest absolute Gasteiger partial charge is 0.373 e. The molecule has 0 amide bonds. The second-order valence-corrected chi connectivity index (χ2v) is 6.55. The SMILES string of the molecule is Cc1ccc(S(=O)(=O)NCCC#CC2(O)COC2)cc1. The molecule has 5 nitrogen and oxygen atoms in total. The number of rotatable bonds is 4. The average Bonchev–Trinajstić information content (AvgIpc) is 2.36. The van der Waals surface area contributed by atoms with Crippen molar-refractivity contribution in [2.45, 2.75) is 23.8 Å². The van der Waals surface area contributed by atoms with Crippen molar-refractivity contribution in [2.75, 3.05) is 19.8 Å². The van der Waals surface area contributed by atoms with Crippen LogP contribution >= 0.6 is 0 Å². The molecule has 1 aromatic rings. The Kier molecular flexibility index (Phi) is 4.45. The van der Waals surface area contributed by atoms with E-state index in [0.717, 1.165) is 5.56 Å². The summed E-state index contributed by atoms with van der Waals surface area (Å²) in [7, 11) is -3.49. The molecule has 1 saturated heterocycles. The summed E-state index contributed by atoms with van der Waals surface area (Å²) in [6.45, 7) is 2.54. The summed E-state index contributed by atoms with van der Waals surface area (Å²) in [5.41, 5.74) is -0.0405. The summed E-state index contributed by atoms with van der Waals surface area (Å²) in [6, 6.07) is 6.64. The van der Waals surface area contributed by atoms with Gasteiger partial charge in [0.05, 0.1) is 18.1 Å². The van der Waals surface area contributed by atoms with Crippen molar-refractivity contribution in [3.05, 3.63) is 29.8 Å². The van der Waals surface area contributed by atoms with E-state index in [0.29, 0.717) is 6.42 Å². The van der Waals surface area contributed by atoms with E-state index in [9.17, 15) is 13.5 Å². The first-order valence-corrected chi connectivity index (χ1v) is 7.76. The normalized spacial score (nSPS) is 16.9. The topological polar surface area (TPSA) is 75.6 Å². The first kappa shape index (κ1) is 15.0. The zero-order chi connectivity index (χ0) is 14.6. The predicted octanol–water partition coefficient (Wildman–Crippen LogP) is 0.428. The minimum Gasteiger partial charge on any atom is -0.373 e. The van der Waals surface area contributed by atoms with Gasteiger partial charge in [-0.15, -0.1) is 0 Å². The van der Waals surface area contributed by atoms with Gasteiger partial charge in [-0.3, -0.25) is 0 Å². The monoisotopic (exact) mass is 295 g/mol. The molecule has 1 aromatic carbocycles. The van der Waals surface area contributed by atoms with E-state index in [1.165, 1.54) is 0 Å². The van der Waals surface area contributed by atoms with Crippen molar-refractivity contribution in [1.82, 2.24) is 4.72 Å². The molecule has 1 fully saturated rings. The van der Waals surface area contributed by atoms with Crippen LogP contribution in [0.3, 0.4) is 0 Å². The van der Waals surface area contributed by atoms with Gasteiger partial charge in [0.2, 0.25) is 10.0 Å². The van der Waals surface area contributed by atoms with Gasteiger partial charge in [0.15, 0.2) is 5.60 Å². The van der Waals surface area contributed by atoms with Gasteiger partial charge in [0, 0.05) is 13.0 Å². The van der Waals surface area contributed by atoms with Crippen LogP contribution in [0, 0.1) is 18.8 Å². The standard InChI is InChI=1S/C14H17NO4S/c1-12-4-6-13(7-5-12)20(17,18)15-9-3-2-8-14(16)10-19-11-14/h4-7,15-16H,3,9-11H2,1H3. The minimum atomic E-state index is -3.49. The quantitative estimate of drug-likeness (QED) is 0.624. The fraction of sp³-hybridized carbons (Fsp3) is 0.429. The third-order valence-corrected chi connectivity index (χ3v) is 4.35. The second-order valence-electron chi connectivity index (χ2n) is 4.79. The Hall–Kier alpha value is -1.39. The van der Waals surface area contributed by atoms with Crippen LogP contribution in [0.25, 0.3) is 0 Å². The van der Waals surface area contributed by atoms with Crippen molar-refractivity contribution >= 4 is 10.0 Å². The van der Waals surface area contributed by atoms with E-state index in [-0.39, 0.29) is 24.7 Å². The number of aryl methyl sites for hydroxylation is 1. The van der Waals surface area contributed by atoms with Crippen LogP contribution in [-0.4, -0.2) is 38.9 Å². The van der Waals surface area contributed by atoms with Crippen LogP contribution in [-0.2, 0) is 14.8 Å². The third kappa shape index (κ3) is 3.81. The fourth-order valence-corrected chi connectivity index (χ4v) is 2.68. The number of hydrogen-bond donors (Lipinski definition) is 2. The molecule has 20 heavy (non-hydrogen) atoms. The Morgan fingerprint density at radius 3 is 2.55 bits per heavy atom. The summed E-state index contributed by atoms with van der Waals surface area (Å²) >= 11 is 0. The first-order chi connectivity index (χ1) is 9.41. The van der Waals surface area contributed by atoms with Crippen molar-refractivity contribution < 1.29 is 18.3 Å². The molecule has 2 rings (SSSR count). The molecule has 0 bridgehead atoms. The van der Waals surface area contributed by atoms with Crippen LogP contribution in [0.4, 0.5) is 0 Å². The molecule has 0 atom stereocenters. The predicted molar refractivity (Wildman–Crippen MR) is 74.5 cm³/mol. The maximum Gasteiger partial charge on any atom is 0.240 e. The highest BCUT2D eigenvalue weighted by Crippen LogP contribution is 2.14. The van der Waals surface area contributed by atoms with Gasteiger partial charge in [0.25, 0.3) is 0 Å². The van der Waals surface area contributed by atoms with E-state index < -0.39 is 15.6 Å². The van der Waals surface area contributed by atoms with Crippen molar-refractivity contribution in [3.63, 3.8) is 0 Å². The Balaban J connectivity index is 1.85. The number of hydrogen-bond acceptors (Lipinski definition) is 4.